The Morgan fingerprint density at radius 2 is 1.53 bits per heavy atom. The van der Waals surface area contributed by atoms with Crippen molar-refractivity contribution in [3.8, 4) is 5.75 Å². The molecular formula is C43H43ClN4O7. The number of carbonyl (C=O) groups is 5. The van der Waals surface area contributed by atoms with E-state index in [0.717, 1.165) is 18.4 Å². The van der Waals surface area contributed by atoms with E-state index in [4.69, 9.17) is 16.3 Å². The highest BCUT2D eigenvalue weighted by molar-refractivity contribution is 6.30. The van der Waals surface area contributed by atoms with E-state index in [1.165, 1.54) is 13.0 Å². The van der Waals surface area contributed by atoms with Crippen molar-refractivity contribution in [1.82, 2.24) is 15.5 Å². The molecule has 2 aliphatic rings. The summed E-state index contributed by atoms with van der Waals surface area (Å²) >= 11 is 6.17. The lowest BCUT2D eigenvalue weighted by molar-refractivity contribution is -0.138. The summed E-state index contributed by atoms with van der Waals surface area (Å²) in [6.07, 6.45) is 4.06. The van der Waals surface area contributed by atoms with E-state index in [1.54, 1.807) is 58.3 Å². The van der Waals surface area contributed by atoms with Crippen molar-refractivity contribution in [3.05, 3.63) is 137 Å². The lowest BCUT2D eigenvalue weighted by atomic mass is 9.81. The molecule has 4 aromatic carbocycles. The number of aliphatic carboxylic acids is 1. The number of nitrogens with one attached hydrogen (secondary N) is 2. The average Bonchev–Trinajstić information content (AvgIpc) is 3.78. The first kappa shape index (κ1) is 38.8. The zero-order valence-electron chi connectivity index (χ0n) is 30.5. The quantitative estimate of drug-likeness (QED) is 0.124. The standard InChI is InChI=1S/C43H43ClN4O7/c1-29(49)45-25-24-43(22-8-9-23-43)42(54)46-36(41(52)53)26-30-16-20-34(21-17-30)47-39(32-10-4-2-5-11-32)48(38(50)28-55-35-12-6-3-7-13-35)37(40(47)51)27-31-14-18-33(44)19-15-31/h2-7,10-21,26,37,39H,8-9,22-25,27-28H2,1H3,(H,45,49)(H,46,54)(H,52,53)/b36-26-. The van der Waals surface area contributed by atoms with E-state index in [0.29, 0.717) is 53.4 Å². The van der Waals surface area contributed by atoms with Crippen LogP contribution >= 0.6 is 11.6 Å². The Bertz CT molecular complexity index is 2030. The predicted octanol–water partition coefficient (Wildman–Crippen LogP) is 6.53. The van der Waals surface area contributed by atoms with Crippen LogP contribution in [0.1, 0.15) is 61.9 Å². The molecule has 11 nitrogen and oxygen atoms in total. The van der Waals surface area contributed by atoms with Crippen molar-refractivity contribution in [3.63, 3.8) is 0 Å². The molecular weight excluding hydrogens is 720 g/mol. The van der Waals surface area contributed by atoms with E-state index in [1.807, 2.05) is 60.7 Å². The van der Waals surface area contributed by atoms with Crippen LogP contribution in [0.3, 0.4) is 0 Å². The summed E-state index contributed by atoms with van der Waals surface area (Å²) in [5.41, 5.74) is 1.42. The van der Waals surface area contributed by atoms with Gasteiger partial charge in [0.1, 0.15) is 23.7 Å². The number of para-hydroxylation sites is 1. The minimum Gasteiger partial charge on any atom is -0.484 e. The number of carbonyl (C=O) groups excluding carboxylic acids is 4. The fourth-order valence-electron chi connectivity index (χ4n) is 7.40. The predicted molar refractivity (Wildman–Crippen MR) is 209 cm³/mol. The van der Waals surface area contributed by atoms with Crippen LogP contribution in [0.15, 0.2) is 115 Å². The van der Waals surface area contributed by atoms with Gasteiger partial charge in [0, 0.05) is 30.6 Å². The Balaban J connectivity index is 1.30. The van der Waals surface area contributed by atoms with Gasteiger partial charge in [-0.1, -0.05) is 97.2 Å². The monoisotopic (exact) mass is 762 g/mol. The number of amides is 4. The zero-order valence-corrected chi connectivity index (χ0v) is 31.2. The second-order valence-electron chi connectivity index (χ2n) is 13.9. The van der Waals surface area contributed by atoms with Gasteiger partial charge in [-0.3, -0.25) is 24.1 Å². The van der Waals surface area contributed by atoms with Crippen LogP contribution in [0.25, 0.3) is 6.08 Å². The molecule has 1 saturated heterocycles. The lowest BCUT2D eigenvalue weighted by Crippen LogP contribution is -2.43. The van der Waals surface area contributed by atoms with Crippen LogP contribution in [0.2, 0.25) is 5.02 Å². The van der Waals surface area contributed by atoms with Crippen LogP contribution < -0.4 is 20.3 Å². The third-order valence-electron chi connectivity index (χ3n) is 10.2. The molecule has 2 fully saturated rings. The highest BCUT2D eigenvalue weighted by Crippen LogP contribution is 2.42. The van der Waals surface area contributed by atoms with Crippen LogP contribution in [0, 0.1) is 5.41 Å². The minimum absolute atomic E-state index is 0.192. The highest BCUT2D eigenvalue weighted by atomic mass is 35.5. The zero-order chi connectivity index (χ0) is 39.0. The highest BCUT2D eigenvalue weighted by Gasteiger charge is 2.49. The summed E-state index contributed by atoms with van der Waals surface area (Å²) in [6, 6.07) is 31.2. The number of rotatable bonds is 14. The van der Waals surface area contributed by atoms with Crippen molar-refractivity contribution >= 4 is 53.0 Å². The van der Waals surface area contributed by atoms with Crippen molar-refractivity contribution < 1.29 is 33.8 Å². The molecule has 2 unspecified atom stereocenters. The van der Waals surface area contributed by atoms with Crippen molar-refractivity contribution in [1.29, 1.82) is 0 Å². The molecule has 0 aromatic heterocycles. The molecule has 0 spiro atoms. The Labute approximate surface area is 324 Å². The van der Waals surface area contributed by atoms with Gasteiger partial charge in [0.05, 0.1) is 5.41 Å². The molecule has 6 rings (SSSR count). The van der Waals surface area contributed by atoms with Crippen molar-refractivity contribution in [2.24, 2.45) is 5.41 Å². The number of hydrogen-bond acceptors (Lipinski definition) is 6. The molecule has 4 amide bonds. The first-order chi connectivity index (χ1) is 26.5. The number of carboxylic acids is 1. The number of halogens is 1. The van der Waals surface area contributed by atoms with Crippen LogP contribution in [-0.2, 0) is 30.4 Å². The SMILES string of the molecule is CC(=O)NCCC1(C(=O)N/C(=C\c2ccc(N3C(=O)C(Cc4ccc(Cl)cc4)N(C(=O)COc4ccccc4)C3c3ccccc3)cc2)C(=O)O)CCCC1. The Morgan fingerprint density at radius 3 is 2.15 bits per heavy atom. The number of hydrogen-bond donors (Lipinski definition) is 3. The maximum Gasteiger partial charge on any atom is 0.352 e. The van der Waals surface area contributed by atoms with Gasteiger partial charge in [-0.05, 0) is 78.4 Å². The average molecular weight is 763 g/mol. The molecule has 3 N–H and O–H groups in total. The van der Waals surface area contributed by atoms with E-state index >= 15 is 0 Å². The van der Waals surface area contributed by atoms with E-state index in [2.05, 4.69) is 10.6 Å². The van der Waals surface area contributed by atoms with E-state index in [9.17, 15) is 29.1 Å². The second kappa shape index (κ2) is 17.5. The van der Waals surface area contributed by atoms with Gasteiger partial charge in [-0.15, -0.1) is 0 Å². The number of nitrogens with zero attached hydrogens (tertiary/aromatic N) is 2. The molecule has 4 aromatic rings. The number of anilines is 1. The molecule has 12 heteroatoms. The van der Waals surface area contributed by atoms with E-state index in [-0.39, 0.29) is 42.4 Å². The lowest BCUT2D eigenvalue weighted by Gasteiger charge is -2.32. The molecule has 0 radical (unpaired) electrons. The molecule has 284 valence electrons. The largest absolute Gasteiger partial charge is 0.484 e. The fraction of sp³-hybridized carbons (Fsp3) is 0.279. The molecule has 1 aliphatic carbocycles. The molecule has 1 aliphatic heterocycles. The normalized spacial score (nSPS) is 17.9. The van der Waals surface area contributed by atoms with Gasteiger partial charge >= 0.3 is 5.97 Å². The topological polar surface area (TPSA) is 145 Å². The fourth-order valence-corrected chi connectivity index (χ4v) is 7.52. The van der Waals surface area contributed by atoms with Crippen LogP contribution in [-0.4, -0.2) is 58.8 Å². The van der Waals surface area contributed by atoms with Crippen molar-refractivity contribution in [2.75, 3.05) is 18.1 Å². The van der Waals surface area contributed by atoms with E-state index < -0.39 is 23.6 Å². The molecule has 55 heavy (non-hydrogen) atoms. The van der Waals surface area contributed by atoms with Gasteiger partial charge in [0.2, 0.25) is 11.8 Å². The maximum absolute atomic E-state index is 14.6. The molecule has 0 bridgehead atoms. The minimum atomic E-state index is -1.30. The first-order valence-electron chi connectivity index (χ1n) is 18.3. The Kier molecular flexibility index (Phi) is 12.3. The summed E-state index contributed by atoms with van der Waals surface area (Å²) < 4.78 is 5.88. The Hall–Kier alpha value is -5.94. The maximum atomic E-state index is 14.6. The van der Waals surface area contributed by atoms with Crippen LogP contribution in [0.5, 0.6) is 5.75 Å². The third kappa shape index (κ3) is 9.24. The number of carboxylic acid groups (broad SMARTS) is 1. The van der Waals surface area contributed by atoms with Gasteiger partial charge in [0.15, 0.2) is 6.61 Å². The van der Waals surface area contributed by atoms with Gasteiger partial charge in [0.25, 0.3) is 11.8 Å². The van der Waals surface area contributed by atoms with Gasteiger partial charge < -0.3 is 25.4 Å². The third-order valence-corrected chi connectivity index (χ3v) is 10.4. The van der Waals surface area contributed by atoms with Gasteiger partial charge in [-0.25, -0.2) is 4.79 Å². The number of benzene rings is 4. The summed E-state index contributed by atoms with van der Waals surface area (Å²) in [5, 5.41) is 16.0. The second-order valence-corrected chi connectivity index (χ2v) is 14.3. The molecule has 1 saturated carbocycles. The summed E-state index contributed by atoms with van der Waals surface area (Å²) in [6.45, 7) is 1.43. The molecule has 1 heterocycles. The Morgan fingerprint density at radius 1 is 0.891 bits per heavy atom. The smallest absolute Gasteiger partial charge is 0.352 e. The molecule has 2 atom stereocenters. The summed E-state index contributed by atoms with van der Waals surface area (Å²) in [5.74, 6) is -2.05. The summed E-state index contributed by atoms with van der Waals surface area (Å²) in [7, 11) is 0. The summed E-state index contributed by atoms with van der Waals surface area (Å²) in [4.78, 5) is 69.3. The van der Waals surface area contributed by atoms with Gasteiger partial charge in [-0.2, -0.15) is 0 Å². The van der Waals surface area contributed by atoms with Crippen molar-refractivity contribution in [2.45, 2.75) is 57.7 Å². The van der Waals surface area contributed by atoms with Crippen LogP contribution in [0.4, 0.5) is 5.69 Å². The first-order valence-corrected chi connectivity index (χ1v) is 18.6. The number of ether oxygens (including phenoxy) is 1.